The molecule has 2 nitrogen and oxygen atoms in total. The van der Waals surface area contributed by atoms with Crippen LogP contribution in [0.2, 0.25) is 0 Å². The Hall–Kier alpha value is -1.18. The molecule has 0 N–H and O–H groups in total. The van der Waals surface area contributed by atoms with Gasteiger partial charge in [-0.3, -0.25) is 0 Å². The van der Waals surface area contributed by atoms with Crippen LogP contribution in [0.15, 0.2) is 12.1 Å². The third kappa shape index (κ3) is 2.09. The maximum absolute atomic E-state index is 5.96. The van der Waals surface area contributed by atoms with Crippen LogP contribution in [0.1, 0.15) is 43.7 Å². The molecule has 98 valence electrons. The van der Waals surface area contributed by atoms with Crippen LogP contribution in [0.25, 0.3) is 0 Å². The van der Waals surface area contributed by atoms with E-state index in [-0.39, 0.29) is 0 Å². The summed E-state index contributed by atoms with van der Waals surface area (Å²) in [6, 6.07) is 4.63. The van der Waals surface area contributed by atoms with E-state index < -0.39 is 0 Å². The highest BCUT2D eigenvalue weighted by Crippen LogP contribution is 2.36. The third-order valence-corrected chi connectivity index (χ3v) is 4.27. The predicted molar refractivity (Wildman–Crippen MR) is 75.7 cm³/mol. The molecule has 1 aromatic carbocycles. The molecular weight excluding hydrogens is 222 g/mol. The maximum Gasteiger partial charge on any atom is 0.123 e. The molecule has 2 heteroatoms. The first-order chi connectivity index (χ1) is 8.78. The van der Waals surface area contributed by atoms with E-state index in [1.165, 1.54) is 49.2 Å². The highest BCUT2D eigenvalue weighted by Gasteiger charge is 2.24. The normalized spacial score (nSPS) is 22.8. The number of hydrogen-bond acceptors (Lipinski definition) is 2. The molecule has 2 aliphatic heterocycles. The van der Waals surface area contributed by atoms with Gasteiger partial charge < -0.3 is 9.64 Å². The molecule has 1 unspecified atom stereocenters. The highest BCUT2D eigenvalue weighted by atomic mass is 16.5. The van der Waals surface area contributed by atoms with Crippen LogP contribution in [0.3, 0.4) is 0 Å². The van der Waals surface area contributed by atoms with Crippen molar-refractivity contribution in [3.8, 4) is 5.75 Å². The van der Waals surface area contributed by atoms with Gasteiger partial charge in [0.25, 0.3) is 0 Å². The second-order valence-electron chi connectivity index (χ2n) is 5.65. The van der Waals surface area contributed by atoms with Gasteiger partial charge in [-0.15, -0.1) is 0 Å². The van der Waals surface area contributed by atoms with Gasteiger partial charge in [-0.1, -0.05) is 6.92 Å². The van der Waals surface area contributed by atoms with E-state index in [0.717, 1.165) is 18.6 Å². The van der Waals surface area contributed by atoms with E-state index in [4.69, 9.17) is 4.74 Å². The predicted octanol–water partition coefficient (Wildman–Crippen LogP) is 3.70. The van der Waals surface area contributed by atoms with Crippen LogP contribution in [0.5, 0.6) is 5.75 Å². The van der Waals surface area contributed by atoms with Crippen LogP contribution in [-0.2, 0) is 6.42 Å². The molecule has 18 heavy (non-hydrogen) atoms. The average Bonchev–Trinajstić information content (AvgIpc) is 2.80. The zero-order chi connectivity index (χ0) is 12.5. The summed E-state index contributed by atoms with van der Waals surface area (Å²) in [6.07, 6.45) is 6.66. The molecule has 1 saturated heterocycles. The van der Waals surface area contributed by atoms with Crippen LogP contribution < -0.4 is 9.64 Å². The number of aryl methyl sites for hydroxylation is 1. The van der Waals surface area contributed by atoms with Gasteiger partial charge >= 0.3 is 0 Å². The summed E-state index contributed by atoms with van der Waals surface area (Å²) in [4.78, 5) is 2.55. The lowest BCUT2D eigenvalue weighted by Gasteiger charge is -2.30. The van der Waals surface area contributed by atoms with Crippen molar-refractivity contribution in [2.45, 2.75) is 52.1 Å². The minimum atomic E-state index is 0.399. The van der Waals surface area contributed by atoms with Crippen molar-refractivity contribution in [2.24, 2.45) is 0 Å². The van der Waals surface area contributed by atoms with Crippen LogP contribution in [-0.4, -0.2) is 19.2 Å². The van der Waals surface area contributed by atoms with E-state index >= 15 is 0 Å². The molecule has 0 aliphatic carbocycles. The molecular formula is C16H23NO. The Morgan fingerprint density at radius 3 is 2.72 bits per heavy atom. The first-order valence-electron chi connectivity index (χ1n) is 7.33. The Morgan fingerprint density at radius 1 is 1.22 bits per heavy atom. The molecule has 0 saturated carbocycles. The summed E-state index contributed by atoms with van der Waals surface area (Å²) in [5.41, 5.74) is 4.22. The monoisotopic (exact) mass is 245 g/mol. The molecule has 1 fully saturated rings. The first-order valence-corrected chi connectivity index (χ1v) is 7.33. The van der Waals surface area contributed by atoms with Crippen molar-refractivity contribution in [2.75, 3.05) is 18.0 Å². The van der Waals surface area contributed by atoms with E-state index in [0.29, 0.717) is 6.10 Å². The fourth-order valence-electron chi connectivity index (χ4n) is 3.15. The summed E-state index contributed by atoms with van der Waals surface area (Å²) in [6.45, 7) is 6.86. The SMILES string of the molecule is CCC1Cc2cc(N3CCCCC3)c(C)cc2O1. The Kier molecular flexibility index (Phi) is 3.19. The van der Waals surface area contributed by atoms with Crippen LogP contribution in [0, 0.1) is 6.92 Å². The van der Waals surface area contributed by atoms with E-state index in [9.17, 15) is 0 Å². The lowest BCUT2D eigenvalue weighted by molar-refractivity contribution is 0.228. The van der Waals surface area contributed by atoms with E-state index in [2.05, 4.69) is 30.9 Å². The fourth-order valence-corrected chi connectivity index (χ4v) is 3.15. The van der Waals surface area contributed by atoms with Gasteiger partial charge in [-0.25, -0.2) is 0 Å². The third-order valence-electron chi connectivity index (χ3n) is 4.27. The first kappa shape index (κ1) is 11.9. The van der Waals surface area contributed by atoms with E-state index in [1.807, 2.05) is 0 Å². The van der Waals surface area contributed by atoms with Gasteiger partial charge in [0, 0.05) is 25.2 Å². The molecule has 1 aromatic rings. The molecule has 0 bridgehead atoms. The molecule has 2 aliphatic rings. The van der Waals surface area contributed by atoms with Crippen molar-refractivity contribution in [1.82, 2.24) is 0 Å². The Balaban J connectivity index is 1.88. The summed E-state index contributed by atoms with van der Waals surface area (Å²) in [7, 11) is 0. The Bertz CT molecular complexity index is 435. The van der Waals surface area contributed by atoms with Crippen molar-refractivity contribution < 1.29 is 4.74 Å². The molecule has 0 radical (unpaired) electrons. The van der Waals surface area contributed by atoms with Crippen LogP contribution in [0.4, 0.5) is 5.69 Å². The molecule has 0 aromatic heterocycles. The zero-order valence-corrected chi connectivity index (χ0v) is 11.5. The number of fused-ring (bicyclic) bond motifs is 1. The highest BCUT2D eigenvalue weighted by molar-refractivity contribution is 5.60. The lowest BCUT2D eigenvalue weighted by Crippen LogP contribution is -2.30. The van der Waals surface area contributed by atoms with Gasteiger partial charge in [-0.2, -0.15) is 0 Å². The molecule has 0 spiro atoms. The number of piperidine rings is 1. The van der Waals surface area contributed by atoms with Gasteiger partial charge in [0.1, 0.15) is 11.9 Å². The Labute approximate surface area is 110 Å². The smallest absolute Gasteiger partial charge is 0.123 e. The number of benzene rings is 1. The second-order valence-corrected chi connectivity index (χ2v) is 5.65. The topological polar surface area (TPSA) is 12.5 Å². The average molecular weight is 245 g/mol. The summed E-state index contributed by atoms with van der Waals surface area (Å²) in [5.74, 6) is 1.13. The summed E-state index contributed by atoms with van der Waals surface area (Å²) in [5, 5.41) is 0. The van der Waals surface area contributed by atoms with Gasteiger partial charge in [0.05, 0.1) is 0 Å². The van der Waals surface area contributed by atoms with Crippen molar-refractivity contribution in [1.29, 1.82) is 0 Å². The minimum absolute atomic E-state index is 0.399. The van der Waals surface area contributed by atoms with Gasteiger partial charge in [-0.05, 0) is 55.9 Å². The largest absolute Gasteiger partial charge is 0.490 e. The summed E-state index contributed by atoms with van der Waals surface area (Å²) >= 11 is 0. The van der Waals surface area contributed by atoms with Crippen LogP contribution >= 0.6 is 0 Å². The minimum Gasteiger partial charge on any atom is -0.490 e. The van der Waals surface area contributed by atoms with Crippen molar-refractivity contribution in [3.63, 3.8) is 0 Å². The number of nitrogens with zero attached hydrogens (tertiary/aromatic N) is 1. The maximum atomic E-state index is 5.96. The fraction of sp³-hybridized carbons (Fsp3) is 0.625. The Morgan fingerprint density at radius 2 is 2.00 bits per heavy atom. The number of rotatable bonds is 2. The quantitative estimate of drug-likeness (QED) is 0.787. The summed E-state index contributed by atoms with van der Waals surface area (Å²) < 4.78 is 5.96. The van der Waals surface area contributed by atoms with Crippen molar-refractivity contribution >= 4 is 5.69 Å². The molecule has 3 rings (SSSR count). The number of hydrogen-bond donors (Lipinski definition) is 0. The van der Waals surface area contributed by atoms with Crippen molar-refractivity contribution in [3.05, 3.63) is 23.3 Å². The molecule has 0 amide bonds. The van der Waals surface area contributed by atoms with Gasteiger partial charge in [0.15, 0.2) is 0 Å². The zero-order valence-electron chi connectivity index (χ0n) is 11.5. The van der Waals surface area contributed by atoms with E-state index in [1.54, 1.807) is 0 Å². The standard InChI is InChI=1S/C16H23NO/c1-3-14-10-13-11-15(12(2)9-16(13)18-14)17-7-5-4-6-8-17/h9,11,14H,3-8,10H2,1-2H3. The lowest BCUT2D eigenvalue weighted by atomic mass is 10.0. The number of ether oxygens (including phenoxy) is 1. The molecule has 2 heterocycles. The molecule has 1 atom stereocenters. The van der Waals surface area contributed by atoms with Gasteiger partial charge in [0.2, 0.25) is 0 Å². The second kappa shape index (κ2) is 4.83. The number of anilines is 1.